The van der Waals surface area contributed by atoms with E-state index in [1.54, 1.807) is 6.07 Å². The number of likely N-dealkylation sites (tertiary alicyclic amines) is 1. The van der Waals surface area contributed by atoms with Gasteiger partial charge in [-0.2, -0.15) is 5.26 Å². The molecule has 0 radical (unpaired) electrons. The fourth-order valence-electron chi connectivity index (χ4n) is 4.95. The molecular weight excluding hydrogens is 428 g/mol. The predicted octanol–water partition coefficient (Wildman–Crippen LogP) is 3.44. The van der Waals surface area contributed by atoms with Gasteiger partial charge in [0.2, 0.25) is 11.8 Å². The molecule has 0 aliphatic carbocycles. The van der Waals surface area contributed by atoms with E-state index in [2.05, 4.69) is 39.1 Å². The average molecular weight is 469 g/mol. The molecule has 0 bridgehead atoms. The lowest BCUT2D eigenvalue weighted by atomic mass is 9.94. The summed E-state index contributed by atoms with van der Waals surface area (Å²) >= 11 is 0. The second-order valence-corrected chi connectivity index (χ2v) is 10.5. The number of rotatable bonds is 9. The zero-order valence-electron chi connectivity index (χ0n) is 21.1. The maximum absolute atomic E-state index is 13.6. The molecule has 186 valence electrons. The van der Waals surface area contributed by atoms with Crippen molar-refractivity contribution in [3.05, 3.63) is 29.8 Å². The molecule has 2 aliphatic heterocycles. The van der Waals surface area contributed by atoms with Crippen molar-refractivity contribution in [1.82, 2.24) is 15.1 Å². The molecule has 2 amide bonds. The van der Waals surface area contributed by atoms with Crippen molar-refractivity contribution >= 4 is 11.8 Å². The number of hydrogen-bond donors (Lipinski definition) is 1. The van der Waals surface area contributed by atoms with Crippen molar-refractivity contribution in [2.24, 2.45) is 17.8 Å². The second kappa shape index (κ2) is 12.2. The molecule has 1 N–H and O–H groups in total. The summed E-state index contributed by atoms with van der Waals surface area (Å²) in [5, 5.41) is 12.6. The number of piperazine rings is 1. The van der Waals surface area contributed by atoms with Crippen LogP contribution in [0.4, 0.5) is 0 Å². The van der Waals surface area contributed by atoms with E-state index in [1.165, 1.54) is 0 Å². The van der Waals surface area contributed by atoms with Crippen molar-refractivity contribution in [2.75, 3.05) is 32.8 Å². The molecule has 1 aromatic rings. The van der Waals surface area contributed by atoms with Crippen molar-refractivity contribution in [2.45, 2.75) is 65.5 Å². The fraction of sp³-hybridized carbons (Fsp3) is 0.667. The number of nitriles is 1. The first-order valence-corrected chi connectivity index (χ1v) is 12.7. The van der Waals surface area contributed by atoms with E-state index in [-0.39, 0.29) is 23.9 Å². The summed E-state index contributed by atoms with van der Waals surface area (Å²) in [5.74, 6) is 1.86. The molecule has 7 heteroatoms. The summed E-state index contributed by atoms with van der Waals surface area (Å²) in [6, 6.07) is 8.86. The van der Waals surface area contributed by atoms with E-state index >= 15 is 0 Å². The fourth-order valence-corrected chi connectivity index (χ4v) is 4.95. The lowest BCUT2D eigenvalue weighted by Crippen LogP contribution is -2.62. The van der Waals surface area contributed by atoms with Gasteiger partial charge < -0.3 is 19.9 Å². The van der Waals surface area contributed by atoms with Crippen LogP contribution in [0.15, 0.2) is 24.3 Å². The maximum Gasteiger partial charge on any atom is 0.245 e. The van der Waals surface area contributed by atoms with Gasteiger partial charge in [-0.15, -0.1) is 0 Å². The van der Waals surface area contributed by atoms with Crippen LogP contribution in [0.1, 0.15) is 58.9 Å². The molecule has 1 unspecified atom stereocenters. The Kier molecular flexibility index (Phi) is 9.35. The van der Waals surface area contributed by atoms with Crippen LogP contribution < -0.4 is 10.1 Å². The van der Waals surface area contributed by atoms with Gasteiger partial charge in [-0.1, -0.05) is 39.8 Å². The van der Waals surface area contributed by atoms with E-state index in [0.717, 1.165) is 25.8 Å². The van der Waals surface area contributed by atoms with Gasteiger partial charge in [0, 0.05) is 26.2 Å². The smallest absolute Gasteiger partial charge is 0.245 e. The molecule has 2 fully saturated rings. The van der Waals surface area contributed by atoms with E-state index in [4.69, 9.17) is 4.74 Å². The minimum absolute atomic E-state index is 0.0680. The highest BCUT2D eigenvalue weighted by Crippen LogP contribution is 2.25. The summed E-state index contributed by atoms with van der Waals surface area (Å²) in [7, 11) is 0. The number of piperidine rings is 1. The summed E-state index contributed by atoms with van der Waals surface area (Å²) in [5.41, 5.74) is 0.545. The Hall–Kier alpha value is -2.59. The molecule has 1 aromatic carbocycles. The molecule has 7 nitrogen and oxygen atoms in total. The highest BCUT2D eigenvalue weighted by Gasteiger charge is 2.39. The quantitative estimate of drug-likeness (QED) is 0.600. The number of para-hydroxylation sites is 1. The monoisotopic (exact) mass is 468 g/mol. The molecule has 0 spiro atoms. The van der Waals surface area contributed by atoms with Gasteiger partial charge in [-0.3, -0.25) is 9.59 Å². The maximum atomic E-state index is 13.6. The molecule has 2 atom stereocenters. The summed E-state index contributed by atoms with van der Waals surface area (Å²) in [4.78, 5) is 30.7. The summed E-state index contributed by atoms with van der Waals surface area (Å²) in [6.45, 7) is 11.7. The number of benzene rings is 1. The van der Waals surface area contributed by atoms with Crippen molar-refractivity contribution in [1.29, 1.82) is 5.26 Å². The van der Waals surface area contributed by atoms with Crippen molar-refractivity contribution in [3.63, 3.8) is 0 Å². The Labute approximate surface area is 204 Å². The minimum atomic E-state index is -0.389. The Morgan fingerprint density at radius 3 is 2.50 bits per heavy atom. The third-order valence-corrected chi connectivity index (χ3v) is 6.80. The number of ether oxygens (including phenoxy) is 1. The van der Waals surface area contributed by atoms with Crippen LogP contribution in [0, 0.1) is 29.1 Å². The molecule has 2 aliphatic rings. The van der Waals surface area contributed by atoms with Crippen LogP contribution >= 0.6 is 0 Å². The molecule has 2 saturated heterocycles. The average Bonchev–Trinajstić information content (AvgIpc) is 2.82. The number of carbonyl (C=O) groups is 2. The molecule has 2 heterocycles. The van der Waals surface area contributed by atoms with Crippen LogP contribution in [0.25, 0.3) is 0 Å². The first-order chi connectivity index (χ1) is 16.3. The third-order valence-electron chi connectivity index (χ3n) is 6.80. The van der Waals surface area contributed by atoms with Gasteiger partial charge in [0.1, 0.15) is 17.9 Å². The SMILES string of the molecule is CC(C)CC(C(=O)N1CCC(COc2ccccc2C#N)CC1)N1CCN[C@@H](CC(C)C)C1=O. The molecule has 0 aromatic heterocycles. The normalized spacial score (nSPS) is 20.5. The van der Waals surface area contributed by atoms with Crippen LogP contribution in [-0.2, 0) is 9.59 Å². The number of nitrogens with zero attached hydrogens (tertiary/aromatic N) is 3. The minimum Gasteiger partial charge on any atom is -0.492 e. The van der Waals surface area contributed by atoms with Crippen LogP contribution in [0.2, 0.25) is 0 Å². The predicted molar refractivity (Wildman–Crippen MR) is 132 cm³/mol. The van der Waals surface area contributed by atoms with Crippen LogP contribution in [0.5, 0.6) is 5.75 Å². The summed E-state index contributed by atoms with van der Waals surface area (Å²) in [6.07, 6.45) is 3.20. The lowest BCUT2D eigenvalue weighted by molar-refractivity contribution is -0.150. The van der Waals surface area contributed by atoms with E-state index in [1.807, 2.05) is 28.0 Å². The van der Waals surface area contributed by atoms with Crippen LogP contribution in [0.3, 0.4) is 0 Å². The zero-order valence-corrected chi connectivity index (χ0v) is 21.1. The first kappa shape index (κ1) is 26.0. The van der Waals surface area contributed by atoms with Gasteiger partial charge in [-0.25, -0.2) is 0 Å². The first-order valence-electron chi connectivity index (χ1n) is 12.7. The van der Waals surface area contributed by atoms with Gasteiger partial charge in [0.05, 0.1) is 18.2 Å². The Balaban J connectivity index is 1.59. The topological polar surface area (TPSA) is 85.7 Å². The molecule has 34 heavy (non-hydrogen) atoms. The Morgan fingerprint density at radius 2 is 1.85 bits per heavy atom. The molecular formula is C27H40N4O3. The third kappa shape index (κ3) is 6.73. The number of hydrogen-bond acceptors (Lipinski definition) is 5. The molecule has 0 saturated carbocycles. The van der Waals surface area contributed by atoms with Crippen molar-refractivity contribution < 1.29 is 14.3 Å². The number of amides is 2. The van der Waals surface area contributed by atoms with E-state index < -0.39 is 0 Å². The summed E-state index contributed by atoms with van der Waals surface area (Å²) < 4.78 is 5.93. The molecule has 3 rings (SSSR count). The second-order valence-electron chi connectivity index (χ2n) is 10.5. The highest BCUT2D eigenvalue weighted by molar-refractivity contribution is 5.90. The van der Waals surface area contributed by atoms with Gasteiger partial charge in [0.15, 0.2) is 0 Å². The van der Waals surface area contributed by atoms with E-state index in [0.29, 0.717) is 61.7 Å². The largest absolute Gasteiger partial charge is 0.492 e. The Morgan fingerprint density at radius 1 is 1.15 bits per heavy atom. The lowest BCUT2D eigenvalue weighted by Gasteiger charge is -2.42. The number of nitrogens with one attached hydrogen (secondary N) is 1. The van der Waals surface area contributed by atoms with Gasteiger partial charge in [-0.05, 0) is 55.6 Å². The van der Waals surface area contributed by atoms with E-state index in [9.17, 15) is 14.9 Å². The van der Waals surface area contributed by atoms with Gasteiger partial charge >= 0.3 is 0 Å². The number of carbonyl (C=O) groups excluding carboxylic acids is 2. The Bertz CT molecular complexity index is 871. The van der Waals surface area contributed by atoms with Crippen molar-refractivity contribution in [3.8, 4) is 11.8 Å². The standard InChI is InChI=1S/C27H40N4O3/c1-19(2)15-23-26(32)31(14-11-29-23)24(16-20(3)4)27(33)30-12-9-21(10-13-30)18-34-25-8-6-5-7-22(25)17-28/h5-8,19-21,23-24,29H,9-16,18H2,1-4H3/t23-,24?/m0/s1. The highest BCUT2D eigenvalue weighted by atomic mass is 16.5. The van der Waals surface area contributed by atoms with Crippen LogP contribution in [-0.4, -0.2) is 66.5 Å². The van der Waals surface area contributed by atoms with Gasteiger partial charge in [0.25, 0.3) is 0 Å². The zero-order chi connectivity index (χ0) is 24.7.